The molecule has 0 radical (unpaired) electrons. The van der Waals surface area contributed by atoms with Gasteiger partial charge in [0, 0.05) is 5.70 Å². The van der Waals surface area contributed by atoms with Crippen LogP contribution in [0, 0.1) is 0 Å². The predicted octanol–water partition coefficient (Wildman–Crippen LogP) is 3.34. The summed E-state index contributed by atoms with van der Waals surface area (Å²) in [6, 6.07) is 0. The smallest absolute Gasteiger partial charge is 0.158 e. The molecule has 1 aliphatic rings. The Balaban J connectivity index is 2.20. The molecular formula is C14H27NO2. The largest absolute Gasteiger partial charge is 0.402 e. The molecule has 0 aromatic carbocycles. The highest BCUT2D eigenvalue weighted by Gasteiger charge is 2.23. The van der Waals surface area contributed by atoms with Gasteiger partial charge in [0.15, 0.2) is 6.29 Å². The second-order valence-electron chi connectivity index (χ2n) is 5.06. The molecule has 1 unspecified atom stereocenters. The quantitative estimate of drug-likeness (QED) is 0.775. The summed E-state index contributed by atoms with van der Waals surface area (Å²) in [5.41, 5.74) is 6.76. The predicted molar refractivity (Wildman–Crippen MR) is 70.5 cm³/mol. The highest BCUT2D eigenvalue weighted by Crippen LogP contribution is 2.24. The number of hydrogen-bond acceptors (Lipinski definition) is 3. The monoisotopic (exact) mass is 241 g/mol. The minimum absolute atomic E-state index is 0.00724. The molecule has 0 aromatic rings. The summed E-state index contributed by atoms with van der Waals surface area (Å²) in [5.74, 6) is 0. The van der Waals surface area contributed by atoms with Crippen LogP contribution >= 0.6 is 0 Å². The van der Waals surface area contributed by atoms with Gasteiger partial charge in [-0.3, -0.25) is 0 Å². The van der Waals surface area contributed by atoms with Gasteiger partial charge in [-0.1, -0.05) is 6.08 Å². The fourth-order valence-electron chi connectivity index (χ4n) is 2.16. The van der Waals surface area contributed by atoms with Crippen LogP contribution in [0.4, 0.5) is 0 Å². The first-order valence-electron chi connectivity index (χ1n) is 6.83. The van der Waals surface area contributed by atoms with Gasteiger partial charge in [-0.15, -0.1) is 0 Å². The third kappa shape index (κ3) is 6.08. The maximum Gasteiger partial charge on any atom is 0.158 e. The molecule has 1 saturated heterocycles. The van der Waals surface area contributed by atoms with Crippen LogP contribution in [-0.4, -0.2) is 18.5 Å². The molecule has 0 aromatic heterocycles. The molecule has 1 fully saturated rings. The van der Waals surface area contributed by atoms with Crippen LogP contribution in [0.2, 0.25) is 0 Å². The van der Waals surface area contributed by atoms with Crippen LogP contribution in [0.15, 0.2) is 11.8 Å². The van der Waals surface area contributed by atoms with Gasteiger partial charge in [-0.2, -0.15) is 0 Å². The van der Waals surface area contributed by atoms with E-state index in [1.54, 1.807) is 0 Å². The molecule has 2 atom stereocenters. The molecule has 0 saturated carbocycles. The molecule has 0 amide bonds. The van der Waals surface area contributed by atoms with Gasteiger partial charge < -0.3 is 15.2 Å². The molecule has 0 bridgehead atoms. The average molecular weight is 241 g/mol. The van der Waals surface area contributed by atoms with E-state index < -0.39 is 0 Å². The third-order valence-electron chi connectivity index (χ3n) is 3.10. The Bertz CT molecular complexity index is 238. The van der Waals surface area contributed by atoms with Gasteiger partial charge in [0.05, 0.1) is 12.2 Å². The fourth-order valence-corrected chi connectivity index (χ4v) is 2.16. The van der Waals surface area contributed by atoms with Gasteiger partial charge in [0.25, 0.3) is 0 Å². The van der Waals surface area contributed by atoms with Crippen LogP contribution < -0.4 is 5.73 Å². The lowest BCUT2D eigenvalue weighted by Crippen LogP contribution is -2.31. The van der Waals surface area contributed by atoms with E-state index in [2.05, 4.69) is 13.8 Å². The molecule has 1 rings (SSSR count). The van der Waals surface area contributed by atoms with E-state index in [0.717, 1.165) is 37.8 Å². The molecule has 1 aliphatic heterocycles. The molecule has 3 nitrogen and oxygen atoms in total. The molecule has 3 heteroatoms. The van der Waals surface area contributed by atoms with E-state index in [1.165, 1.54) is 6.42 Å². The maximum absolute atomic E-state index is 5.93. The van der Waals surface area contributed by atoms with Gasteiger partial charge in [-0.25, -0.2) is 0 Å². The van der Waals surface area contributed by atoms with Crippen LogP contribution in [-0.2, 0) is 9.47 Å². The Morgan fingerprint density at radius 1 is 1.47 bits per heavy atom. The van der Waals surface area contributed by atoms with Crippen molar-refractivity contribution in [3.05, 3.63) is 11.8 Å². The number of allylic oxidation sites excluding steroid dienone is 2. The Kier molecular flexibility index (Phi) is 6.60. The van der Waals surface area contributed by atoms with Crippen molar-refractivity contribution < 1.29 is 9.47 Å². The molecule has 2 N–H and O–H groups in total. The van der Waals surface area contributed by atoms with Crippen molar-refractivity contribution in [1.82, 2.24) is 0 Å². The lowest BCUT2D eigenvalue weighted by atomic mass is 10.0. The Labute approximate surface area is 105 Å². The van der Waals surface area contributed by atoms with Gasteiger partial charge in [-0.05, 0) is 59.3 Å². The zero-order valence-corrected chi connectivity index (χ0v) is 11.4. The summed E-state index contributed by atoms with van der Waals surface area (Å²) in [7, 11) is 0. The van der Waals surface area contributed by atoms with Crippen molar-refractivity contribution in [2.24, 2.45) is 5.73 Å². The van der Waals surface area contributed by atoms with E-state index in [-0.39, 0.29) is 12.4 Å². The first kappa shape index (κ1) is 14.5. The molecular weight excluding hydrogens is 214 g/mol. The fraction of sp³-hybridized carbons (Fsp3) is 0.857. The molecule has 100 valence electrons. The lowest BCUT2D eigenvalue weighted by Gasteiger charge is -2.31. The maximum atomic E-state index is 5.93. The Morgan fingerprint density at radius 3 is 2.88 bits per heavy atom. The summed E-state index contributed by atoms with van der Waals surface area (Å²) in [5, 5.41) is 0. The zero-order chi connectivity index (χ0) is 12.7. The summed E-state index contributed by atoms with van der Waals surface area (Å²) in [6.07, 6.45) is 9.17. The second kappa shape index (κ2) is 7.72. The number of rotatable bonds is 6. The molecule has 0 spiro atoms. The topological polar surface area (TPSA) is 44.5 Å². The van der Waals surface area contributed by atoms with Crippen molar-refractivity contribution >= 4 is 0 Å². The molecule has 1 heterocycles. The minimum atomic E-state index is 0.00724. The summed E-state index contributed by atoms with van der Waals surface area (Å²) >= 11 is 0. The zero-order valence-electron chi connectivity index (χ0n) is 11.4. The first-order chi connectivity index (χ1) is 8.11. The SMILES string of the molecule is C/C=C(\N)CCCC1CCC[C@H](OC(C)C)O1. The van der Waals surface area contributed by atoms with Gasteiger partial charge >= 0.3 is 0 Å². The van der Waals surface area contributed by atoms with Crippen molar-refractivity contribution in [2.75, 3.05) is 0 Å². The van der Waals surface area contributed by atoms with Gasteiger partial charge in [0.1, 0.15) is 0 Å². The highest BCUT2D eigenvalue weighted by atomic mass is 16.7. The summed E-state index contributed by atoms with van der Waals surface area (Å²) in [4.78, 5) is 0. The van der Waals surface area contributed by atoms with E-state index in [9.17, 15) is 0 Å². The summed E-state index contributed by atoms with van der Waals surface area (Å²) in [6.45, 7) is 6.10. The number of hydrogen-bond donors (Lipinski definition) is 1. The van der Waals surface area contributed by atoms with Crippen LogP contribution in [0.25, 0.3) is 0 Å². The number of ether oxygens (including phenoxy) is 2. The van der Waals surface area contributed by atoms with Crippen molar-refractivity contribution in [3.63, 3.8) is 0 Å². The van der Waals surface area contributed by atoms with Crippen molar-refractivity contribution in [3.8, 4) is 0 Å². The van der Waals surface area contributed by atoms with Crippen molar-refractivity contribution in [2.45, 2.75) is 77.8 Å². The van der Waals surface area contributed by atoms with Gasteiger partial charge in [0.2, 0.25) is 0 Å². The van der Waals surface area contributed by atoms with Crippen LogP contribution in [0.3, 0.4) is 0 Å². The van der Waals surface area contributed by atoms with Crippen LogP contribution in [0.5, 0.6) is 0 Å². The lowest BCUT2D eigenvalue weighted by molar-refractivity contribution is -0.209. The van der Waals surface area contributed by atoms with E-state index in [0.29, 0.717) is 6.10 Å². The van der Waals surface area contributed by atoms with Crippen molar-refractivity contribution in [1.29, 1.82) is 0 Å². The minimum Gasteiger partial charge on any atom is -0.402 e. The van der Waals surface area contributed by atoms with Crippen LogP contribution in [0.1, 0.15) is 59.3 Å². The first-order valence-corrected chi connectivity index (χ1v) is 6.83. The molecule has 0 aliphatic carbocycles. The standard InChI is InChI=1S/C14H27NO2/c1-4-12(15)7-5-8-13-9-6-10-14(17-13)16-11(2)3/h4,11,13-14H,5-10,15H2,1-3H3/b12-4-/t13?,14-/m1/s1. The Morgan fingerprint density at radius 2 is 2.24 bits per heavy atom. The average Bonchev–Trinajstić information content (AvgIpc) is 2.28. The van der Waals surface area contributed by atoms with E-state index in [4.69, 9.17) is 15.2 Å². The summed E-state index contributed by atoms with van der Waals surface area (Å²) < 4.78 is 11.6. The van der Waals surface area contributed by atoms with E-state index in [1.807, 2.05) is 13.0 Å². The second-order valence-corrected chi connectivity index (χ2v) is 5.06. The Hall–Kier alpha value is -0.540. The number of nitrogens with two attached hydrogens (primary N) is 1. The van der Waals surface area contributed by atoms with E-state index >= 15 is 0 Å². The normalized spacial score (nSPS) is 26.5. The molecule has 17 heavy (non-hydrogen) atoms. The third-order valence-corrected chi connectivity index (χ3v) is 3.10. The highest BCUT2D eigenvalue weighted by molar-refractivity contribution is 4.93.